The summed E-state index contributed by atoms with van der Waals surface area (Å²) in [6, 6.07) is 17.7. The van der Waals surface area contributed by atoms with Crippen LogP contribution in [-0.4, -0.2) is 47.1 Å². The zero-order valence-electron chi connectivity index (χ0n) is 19.5. The van der Waals surface area contributed by atoms with Crippen LogP contribution in [0.3, 0.4) is 0 Å². The number of nitrogens with zero attached hydrogens (tertiary/aromatic N) is 3. The van der Waals surface area contributed by atoms with Crippen molar-refractivity contribution in [3.05, 3.63) is 83.5 Å². The summed E-state index contributed by atoms with van der Waals surface area (Å²) >= 11 is 0. The van der Waals surface area contributed by atoms with E-state index in [0.717, 1.165) is 28.8 Å². The van der Waals surface area contributed by atoms with Gasteiger partial charge < -0.3 is 19.4 Å². The van der Waals surface area contributed by atoms with Gasteiger partial charge in [0.1, 0.15) is 17.2 Å². The molecule has 3 heterocycles. The molecule has 0 bridgehead atoms. The Morgan fingerprint density at radius 1 is 1.12 bits per heavy atom. The summed E-state index contributed by atoms with van der Waals surface area (Å²) in [5.41, 5.74) is 4.43. The molecule has 1 aliphatic heterocycles. The highest BCUT2D eigenvalue weighted by Crippen LogP contribution is 2.22. The number of carbonyl (C=O) groups is 1. The number of anilines is 2. The van der Waals surface area contributed by atoms with E-state index < -0.39 is 0 Å². The van der Waals surface area contributed by atoms with Crippen LogP contribution in [0.4, 0.5) is 11.5 Å². The Balaban J connectivity index is 1.29. The van der Waals surface area contributed by atoms with E-state index in [0.29, 0.717) is 43.5 Å². The molecule has 0 saturated carbocycles. The van der Waals surface area contributed by atoms with E-state index in [2.05, 4.69) is 33.5 Å². The van der Waals surface area contributed by atoms with Gasteiger partial charge in [0, 0.05) is 47.4 Å². The molecule has 5 rings (SSSR count). The van der Waals surface area contributed by atoms with Crippen molar-refractivity contribution in [2.24, 2.45) is 5.92 Å². The second-order valence-corrected chi connectivity index (χ2v) is 8.84. The Labute approximate surface area is 198 Å². The van der Waals surface area contributed by atoms with E-state index in [-0.39, 0.29) is 11.8 Å². The van der Waals surface area contributed by atoms with Crippen molar-refractivity contribution in [3.63, 3.8) is 0 Å². The van der Waals surface area contributed by atoms with E-state index in [1.54, 1.807) is 6.26 Å². The van der Waals surface area contributed by atoms with Crippen LogP contribution in [0, 0.1) is 19.8 Å². The molecule has 7 nitrogen and oxygen atoms in total. The molecule has 0 aliphatic carbocycles. The number of nitrogens with one attached hydrogen (secondary N) is 1. The number of furan rings is 1. The number of aryl methyl sites for hydroxylation is 2. The lowest BCUT2D eigenvalue weighted by Crippen LogP contribution is -2.36. The Hall–Kier alpha value is -3.71. The lowest BCUT2D eigenvalue weighted by molar-refractivity contribution is 0.0737. The summed E-state index contributed by atoms with van der Waals surface area (Å²) in [5.74, 6) is 1.64. The molecular formula is C27H28N4O3. The monoisotopic (exact) mass is 456 g/mol. The van der Waals surface area contributed by atoms with E-state index >= 15 is 0 Å². The molecule has 0 unspecified atom stereocenters. The van der Waals surface area contributed by atoms with Crippen molar-refractivity contribution < 1.29 is 13.9 Å². The lowest BCUT2D eigenvalue weighted by Gasteiger charge is -2.24. The zero-order chi connectivity index (χ0) is 23.5. The molecule has 1 amide bonds. The lowest BCUT2D eigenvalue weighted by atomic mass is 9.98. The number of benzene rings is 2. The summed E-state index contributed by atoms with van der Waals surface area (Å²) in [7, 11) is 0. The average molecular weight is 457 g/mol. The summed E-state index contributed by atoms with van der Waals surface area (Å²) in [5, 5.41) is 4.39. The van der Waals surface area contributed by atoms with Gasteiger partial charge in [-0.3, -0.25) is 4.79 Å². The molecule has 0 spiro atoms. The number of aromatic nitrogens is 2. The smallest absolute Gasteiger partial charge is 0.254 e. The average Bonchev–Trinajstić information content (AvgIpc) is 3.15. The number of hydrogen-bond acceptors (Lipinski definition) is 6. The first-order valence-corrected chi connectivity index (χ1v) is 11.6. The maximum absolute atomic E-state index is 13.4. The highest BCUT2D eigenvalue weighted by atomic mass is 16.5. The second-order valence-electron chi connectivity index (χ2n) is 8.84. The molecule has 4 aromatic rings. The Morgan fingerprint density at radius 3 is 2.91 bits per heavy atom. The van der Waals surface area contributed by atoms with Gasteiger partial charge in [-0.15, -0.1) is 0 Å². The molecule has 174 valence electrons. The first kappa shape index (κ1) is 22.1. The minimum Gasteiger partial charge on any atom is -0.464 e. The summed E-state index contributed by atoms with van der Waals surface area (Å²) in [4.78, 5) is 24.1. The predicted octanol–water partition coefficient (Wildman–Crippen LogP) is 4.91. The molecule has 34 heavy (non-hydrogen) atoms. The fourth-order valence-corrected chi connectivity index (χ4v) is 4.49. The third kappa shape index (κ3) is 5.10. The van der Waals surface area contributed by atoms with Crippen LogP contribution < -0.4 is 5.32 Å². The minimum atomic E-state index is 0.00989. The second kappa shape index (κ2) is 9.65. The van der Waals surface area contributed by atoms with Crippen molar-refractivity contribution in [2.75, 3.05) is 31.6 Å². The van der Waals surface area contributed by atoms with Crippen LogP contribution >= 0.6 is 0 Å². The SMILES string of the molecule is Cc1cc(Nc2cccc(C(=O)N3CCOC[C@H](Cc4ccc5ccoc5c4)C3)c2)nc(C)n1. The Kier molecular flexibility index (Phi) is 6.27. The molecular weight excluding hydrogens is 428 g/mol. The van der Waals surface area contributed by atoms with Gasteiger partial charge in [0.25, 0.3) is 5.91 Å². The van der Waals surface area contributed by atoms with Gasteiger partial charge in [-0.05, 0) is 56.2 Å². The van der Waals surface area contributed by atoms with Crippen molar-refractivity contribution in [3.8, 4) is 0 Å². The topological polar surface area (TPSA) is 80.5 Å². The van der Waals surface area contributed by atoms with Crippen LogP contribution in [0.1, 0.15) is 27.4 Å². The molecule has 1 atom stereocenters. The van der Waals surface area contributed by atoms with Gasteiger partial charge in [0.15, 0.2) is 0 Å². The molecule has 0 radical (unpaired) electrons. The van der Waals surface area contributed by atoms with Gasteiger partial charge >= 0.3 is 0 Å². The van der Waals surface area contributed by atoms with Crippen molar-refractivity contribution in [2.45, 2.75) is 20.3 Å². The molecule has 1 saturated heterocycles. The van der Waals surface area contributed by atoms with E-state index in [9.17, 15) is 4.79 Å². The summed E-state index contributed by atoms with van der Waals surface area (Å²) in [6.07, 6.45) is 2.54. The number of ether oxygens (including phenoxy) is 1. The molecule has 7 heteroatoms. The Morgan fingerprint density at radius 2 is 2.03 bits per heavy atom. The number of carbonyl (C=O) groups excluding carboxylic acids is 1. The van der Waals surface area contributed by atoms with Crippen LogP contribution in [0.2, 0.25) is 0 Å². The first-order chi connectivity index (χ1) is 16.5. The number of fused-ring (bicyclic) bond motifs is 1. The Bertz CT molecular complexity index is 1300. The fraction of sp³-hybridized carbons (Fsp3) is 0.296. The van der Waals surface area contributed by atoms with Crippen molar-refractivity contribution in [1.82, 2.24) is 14.9 Å². The normalized spacial score (nSPS) is 16.4. The van der Waals surface area contributed by atoms with Gasteiger partial charge in [-0.1, -0.05) is 18.2 Å². The summed E-state index contributed by atoms with van der Waals surface area (Å²) < 4.78 is 11.4. The minimum absolute atomic E-state index is 0.00989. The fourth-order valence-electron chi connectivity index (χ4n) is 4.49. The predicted molar refractivity (Wildman–Crippen MR) is 131 cm³/mol. The van der Waals surface area contributed by atoms with Crippen molar-refractivity contribution >= 4 is 28.4 Å². The van der Waals surface area contributed by atoms with Crippen molar-refractivity contribution in [1.29, 1.82) is 0 Å². The molecule has 1 fully saturated rings. The highest BCUT2D eigenvalue weighted by Gasteiger charge is 2.24. The molecule has 1 N–H and O–H groups in total. The molecule has 2 aromatic heterocycles. The van der Waals surface area contributed by atoms with Crippen LogP contribution in [0.5, 0.6) is 0 Å². The van der Waals surface area contributed by atoms with Crippen LogP contribution in [-0.2, 0) is 11.2 Å². The number of hydrogen-bond donors (Lipinski definition) is 1. The zero-order valence-corrected chi connectivity index (χ0v) is 19.5. The van der Waals surface area contributed by atoms with Crippen LogP contribution in [0.25, 0.3) is 11.0 Å². The third-order valence-electron chi connectivity index (χ3n) is 6.02. The maximum atomic E-state index is 13.4. The summed E-state index contributed by atoms with van der Waals surface area (Å²) in [6.45, 7) is 6.20. The molecule has 1 aliphatic rings. The van der Waals surface area contributed by atoms with Gasteiger partial charge in [0.2, 0.25) is 0 Å². The van der Waals surface area contributed by atoms with Gasteiger partial charge in [-0.25, -0.2) is 9.97 Å². The molecule has 2 aromatic carbocycles. The highest BCUT2D eigenvalue weighted by molar-refractivity contribution is 5.95. The quantitative estimate of drug-likeness (QED) is 0.459. The standard InChI is InChI=1S/C27H28N4O3/c1-18-12-26(29-19(2)28-18)30-24-5-3-4-23(15-24)27(32)31-9-11-33-17-21(16-31)13-20-6-7-22-8-10-34-25(22)14-20/h3-8,10,12,14-15,21H,9,11,13,16-17H2,1-2H3,(H,28,29,30)/t21-/m1/s1. The van der Waals surface area contributed by atoms with Gasteiger partial charge in [-0.2, -0.15) is 0 Å². The number of rotatable bonds is 5. The van der Waals surface area contributed by atoms with E-state index in [1.165, 1.54) is 5.56 Å². The largest absolute Gasteiger partial charge is 0.464 e. The van der Waals surface area contributed by atoms with Gasteiger partial charge in [0.05, 0.1) is 19.5 Å². The van der Waals surface area contributed by atoms with Crippen LogP contribution in [0.15, 0.2) is 65.3 Å². The third-order valence-corrected chi connectivity index (χ3v) is 6.02. The maximum Gasteiger partial charge on any atom is 0.254 e. The first-order valence-electron chi connectivity index (χ1n) is 11.6. The van der Waals surface area contributed by atoms with E-state index in [4.69, 9.17) is 9.15 Å². The van der Waals surface area contributed by atoms with E-state index in [1.807, 2.05) is 55.1 Å². The number of amides is 1.